The first-order valence-corrected chi connectivity index (χ1v) is 7.39. The molecular formula is C19H15N2O2+. The zero-order valence-electron chi connectivity index (χ0n) is 12.4. The molecule has 0 N–H and O–H groups in total. The normalized spacial score (nSPS) is 12.7. The molecule has 0 amide bonds. The molecule has 112 valence electrons. The Morgan fingerprint density at radius 3 is 2.48 bits per heavy atom. The van der Waals surface area contributed by atoms with Crippen LogP contribution in [-0.2, 0) is 0 Å². The Labute approximate surface area is 134 Å². The molecule has 1 aliphatic heterocycles. The summed E-state index contributed by atoms with van der Waals surface area (Å²) in [5.41, 5.74) is 3.00. The second-order valence-electron chi connectivity index (χ2n) is 5.17. The summed E-state index contributed by atoms with van der Waals surface area (Å²) in [6, 6.07) is 19.9. The molecule has 4 heteroatoms. The van der Waals surface area contributed by atoms with Crippen molar-refractivity contribution in [3.63, 3.8) is 0 Å². The van der Waals surface area contributed by atoms with Crippen molar-refractivity contribution in [2.24, 2.45) is 4.99 Å². The molecule has 0 saturated heterocycles. The van der Waals surface area contributed by atoms with Crippen LogP contribution in [0.2, 0.25) is 0 Å². The Morgan fingerprint density at radius 2 is 1.65 bits per heavy atom. The predicted octanol–water partition coefficient (Wildman–Crippen LogP) is 3.44. The molecule has 1 aliphatic rings. The molecule has 0 radical (unpaired) electrons. The average molecular weight is 303 g/mol. The highest BCUT2D eigenvalue weighted by atomic mass is 16.7. The SMILES string of the molecule is C(=Nc1ccc2c(c1)OCO2)c1ccc(-[n+]2ccccc2)cc1. The number of hydrogen-bond acceptors (Lipinski definition) is 3. The van der Waals surface area contributed by atoms with Crippen molar-refractivity contribution in [3.05, 3.63) is 78.6 Å². The zero-order valence-corrected chi connectivity index (χ0v) is 12.4. The van der Waals surface area contributed by atoms with E-state index in [1.165, 1.54) is 0 Å². The van der Waals surface area contributed by atoms with E-state index in [1.807, 2.05) is 67.1 Å². The van der Waals surface area contributed by atoms with Gasteiger partial charge in [-0.25, -0.2) is 0 Å². The van der Waals surface area contributed by atoms with E-state index in [0.29, 0.717) is 0 Å². The Balaban J connectivity index is 1.53. The molecule has 1 aromatic heterocycles. The highest BCUT2D eigenvalue weighted by Gasteiger charge is 2.12. The van der Waals surface area contributed by atoms with Crippen molar-refractivity contribution in [2.45, 2.75) is 0 Å². The third kappa shape index (κ3) is 2.92. The number of ether oxygens (including phenoxy) is 2. The van der Waals surface area contributed by atoms with E-state index in [1.54, 1.807) is 0 Å². The molecule has 0 aliphatic carbocycles. The summed E-state index contributed by atoms with van der Waals surface area (Å²) in [4.78, 5) is 4.49. The quantitative estimate of drug-likeness (QED) is 0.549. The van der Waals surface area contributed by atoms with Crippen molar-refractivity contribution < 1.29 is 14.0 Å². The van der Waals surface area contributed by atoms with Gasteiger partial charge in [-0.1, -0.05) is 6.07 Å². The van der Waals surface area contributed by atoms with E-state index in [-0.39, 0.29) is 6.79 Å². The van der Waals surface area contributed by atoms with Gasteiger partial charge in [-0.3, -0.25) is 4.99 Å². The lowest BCUT2D eigenvalue weighted by Gasteiger charge is -1.98. The van der Waals surface area contributed by atoms with Crippen molar-refractivity contribution in [2.75, 3.05) is 6.79 Å². The second kappa shape index (κ2) is 5.93. The largest absolute Gasteiger partial charge is 0.454 e. The minimum absolute atomic E-state index is 0.279. The summed E-state index contributed by atoms with van der Waals surface area (Å²) in [6.45, 7) is 0.279. The van der Waals surface area contributed by atoms with Gasteiger partial charge in [-0.05, 0) is 29.8 Å². The van der Waals surface area contributed by atoms with E-state index in [2.05, 4.69) is 21.7 Å². The molecule has 0 bridgehead atoms. The van der Waals surface area contributed by atoms with Crippen LogP contribution in [0.1, 0.15) is 5.56 Å². The zero-order chi connectivity index (χ0) is 15.5. The monoisotopic (exact) mass is 303 g/mol. The number of aromatic nitrogens is 1. The van der Waals surface area contributed by atoms with Crippen LogP contribution in [0.15, 0.2) is 78.0 Å². The minimum atomic E-state index is 0.279. The molecule has 4 rings (SSSR count). The summed E-state index contributed by atoms with van der Waals surface area (Å²) in [5, 5.41) is 0. The number of fused-ring (bicyclic) bond motifs is 1. The molecular weight excluding hydrogens is 288 g/mol. The number of rotatable bonds is 3. The highest BCUT2D eigenvalue weighted by Crippen LogP contribution is 2.35. The van der Waals surface area contributed by atoms with E-state index in [9.17, 15) is 0 Å². The standard InChI is InChI=1S/C19H15N2O2/c1-2-10-21(11-3-1)17-7-4-15(5-8-17)13-20-16-6-9-18-19(12-16)23-14-22-18/h1-13H,14H2/q+1. The van der Waals surface area contributed by atoms with Gasteiger partial charge in [0, 0.05) is 36.5 Å². The maximum atomic E-state index is 5.36. The summed E-state index contributed by atoms with van der Waals surface area (Å²) in [7, 11) is 0. The maximum absolute atomic E-state index is 5.36. The molecule has 0 spiro atoms. The Hall–Kier alpha value is -3.14. The summed E-state index contributed by atoms with van der Waals surface area (Å²) in [5.74, 6) is 1.52. The summed E-state index contributed by atoms with van der Waals surface area (Å²) < 4.78 is 12.7. The van der Waals surface area contributed by atoms with E-state index >= 15 is 0 Å². The molecule has 0 unspecified atom stereocenters. The molecule has 0 fully saturated rings. The Morgan fingerprint density at radius 1 is 0.870 bits per heavy atom. The van der Waals surface area contributed by atoms with E-state index in [4.69, 9.17) is 9.47 Å². The van der Waals surface area contributed by atoms with Gasteiger partial charge in [0.15, 0.2) is 23.9 Å². The third-order valence-electron chi connectivity index (χ3n) is 3.63. The van der Waals surface area contributed by atoms with Gasteiger partial charge in [0.1, 0.15) is 0 Å². The number of hydrogen-bond donors (Lipinski definition) is 0. The van der Waals surface area contributed by atoms with Crippen LogP contribution in [0, 0.1) is 0 Å². The lowest BCUT2D eigenvalue weighted by molar-refractivity contribution is -0.595. The van der Waals surface area contributed by atoms with Gasteiger partial charge < -0.3 is 9.47 Å². The molecule has 4 nitrogen and oxygen atoms in total. The van der Waals surface area contributed by atoms with Crippen molar-refractivity contribution in [3.8, 4) is 17.2 Å². The molecule has 0 atom stereocenters. The topological polar surface area (TPSA) is 34.7 Å². The van der Waals surface area contributed by atoms with Crippen molar-refractivity contribution in [1.82, 2.24) is 0 Å². The molecule has 0 saturated carbocycles. The Kier molecular flexibility index (Phi) is 3.48. The molecule has 3 aromatic rings. The fraction of sp³-hybridized carbons (Fsp3) is 0.0526. The van der Waals surface area contributed by atoms with Crippen LogP contribution in [0.4, 0.5) is 5.69 Å². The van der Waals surface area contributed by atoms with Gasteiger partial charge in [0.05, 0.1) is 5.69 Å². The van der Waals surface area contributed by atoms with Crippen LogP contribution >= 0.6 is 0 Å². The van der Waals surface area contributed by atoms with Crippen LogP contribution in [0.3, 0.4) is 0 Å². The van der Waals surface area contributed by atoms with Gasteiger partial charge >= 0.3 is 0 Å². The smallest absolute Gasteiger partial charge is 0.231 e. The fourth-order valence-electron chi connectivity index (χ4n) is 2.42. The van der Waals surface area contributed by atoms with Crippen LogP contribution in [0.5, 0.6) is 11.5 Å². The lowest BCUT2D eigenvalue weighted by atomic mass is 10.2. The van der Waals surface area contributed by atoms with Gasteiger partial charge in [-0.2, -0.15) is 4.57 Å². The fourth-order valence-corrected chi connectivity index (χ4v) is 2.42. The number of aliphatic imine (C=N–C) groups is 1. The number of benzene rings is 2. The Bertz CT molecular complexity index is 843. The van der Waals surface area contributed by atoms with Crippen LogP contribution in [-0.4, -0.2) is 13.0 Å². The first kappa shape index (κ1) is 13.5. The lowest BCUT2D eigenvalue weighted by Crippen LogP contribution is -2.28. The van der Waals surface area contributed by atoms with Gasteiger partial charge in [-0.15, -0.1) is 0 Å². The maximum Gasteiger partial charge on any atom is 0.231 e. The van der Waals surface area contributed by atoms with Crippen LogP contribution in [0.25, 0.3) is 5.69 Å². The number of nitrogens with zero attached hydrogens (tertiary/aromatic N) is 2. The van der Waals surface area contributed by atoms with Crippen molar-refractivity contribution in [1.29, 1.82) is 0 Å². The van der Waals surface area contributed by atoms with E-state index in [0.717, 1.165) is 28.4 Å². The van der Waals surface area contributed by atoms with Gasteiger partial charge in [0.2, 0.25) is 12.5 Å². The van der Waals surface area contributed by atoms with Crippen molar-refractivity contribution >= 4 is 11.9 Å². The third-order valence-corrected chi connectivity index (χ3v) is 3.63. The summed E-state index contributed by atoms with van der Waals surface area (Å²) >= 11 is 0. The first-order valence-electron chi connectivity index (χ1n) is 7.39. The summed E-state index contributed by atoms with van der Waals surface area (Å²) in [6.07, 6.45) is 5.89. The predicted molar refractivity (Wildman–Crippen MR) is 87.8 cm³/mol. The molecule has 23 heavy (non-hydrogen) atoms. The second-order valence-corrected chi connectivity index (χ2v) is 5.17. The first-order chi connectivity index (χ1) is 11.4. The highest BCUT2D eigenvalue weighted by molar-refractivity contribution is 5.82. The van der Waals surface area contributed by atoms with E-state index < -0.39 is 0 Å². The van der Waals surface area contributed by atoms with Gasteiger partial charge in [0.25, 0.3) is 0 Å². The molecule has 2 aromatic carbocycles. The molecule has 2 heterocycles. The minimum Gasteiger partial charge on any atom is -0.454 e. The number of pyridine rings is 1. The van der Waals surface area contributed by atoms with Crippen LogP contribution < -0.4 is 14.0 Å². The average Bonchev–Trinajstić information content (AvgIpc) is 3.09.